The quantitative estimate of drug-likeness (QED) is 0.484. The predicted molar refractivity (Wildman–Crippen MR) is 113 cm³/mol. The minimum absolute atomic E-state index is 0.0690. The first-order valence-corrected chi connectivity index (χ1v) is 12.5. The molecule has 1 aliphatic carbocycles. The largest absolute Gasteiger partial charge is 0.368 e. The molecule has 5 unspecified atom stereocenters. The second-order valence-electron chi connectivity index (χ2n) is 9.84. The third-order valence-electron chi connectivity index (χ3n) is 7.61. The fraction of sp³-hybridized carbons (Fsp3) is 1.00. The van der Waals surface area contributed by atoms with Gasteiger partial charge in [0.1, 0.15) is 0 Å². The Labute approximate surface area is 181 Å². The maximum absolute atomic E-state index is 10.2. The highest BCUT2D eigenvalue weighted by molar-refractivity contribution is 5.03. The number of fused-ring (bicyclic) bond motifs is 1. The lowest BCUT2D eigenvalue weighted by atomic mass is 9.84. The van der Waals surface area contributed by atoms with Crippen LogP contribution < -0.4 is 0 Å². The molecule has 6 heteroatoms. The minimum atomic E-state index is -0.655. The normalized spacial score (nSPS) is 38.2. The number of aliphatic hydroxyl groups is 1. The summed E-state index contributed by atoms with van der Waals surface area (Å²) < 4.78 is 30.5. The zero-order valence-corrected chi connectivity index (χ0v) is 18.8. The highest BCUT2D eigenvalue weighted by Crippen LogP contribution is 2.52. The maximum atomic E-state index is 10.2. The summed E-state index contributed by atoms with van der Waals surface area (Å²) in [6, 6.07) is 0. The molecule has 3 saturated heterocycles. The van der Waals surface area contributed by atoms with E-state index in [-0.39, 0.29) is 18.0 Å². The van der Waals surface area contributed by atoms with Gasteiger partial charge in [0.25, 0.3) is 0 Å². The van der Waals surface area contributed by atoms with Crippen LogP contribution in [0.5, 0.6) is 0 Å². The first kappa shape index (κ1) is 22.9. The molecule has 0 aromatic carbocycles. The highest BCUT2D eigenvalue weighted by atomic mass is 16.7. The molecule has 0 aromatic rings. The predicted octanol–water partition coefficient (Wildman–Crippen LogP) is 4.67. The summed E-state index contributed by atoms with van der Waals surface area (Å²) in [5, 5.41) is 10.2. The molecule has 0 amide bonds. The molecule has 4 aliphatic rings. The second-order valence-corrected chi connectivity index (χ2v) is 9.84. The Morgan fingerprint density at radius 2 is 1.77 bits per heavy atom. The molecular weight excluding hydrogens is 384 g/mol. The molecule has 3 heterocycles. The fourth-order valence-electron chi connectivity index (χ4n) is 6.00. The van der Waals surface area contributed by atoms with E-state index in [1.165, 1.54) is 32.1 Å². The summed E-state index contributed by atoms with van der Waals surface area (Å²) in [7, 11) is 0. The van der Waals surface area contributed by atoms with Crippen molar-refractivity contribution < 1.29 is 28.8 Å². The third-order valence-corrected chi connectivity index (χ3v) is 7.61. The summed E-state index contributed by atoms with van der Waals surface area (Å²) in [5.74, 6) is -0.127. The Balaban J connectivity index is 1.32. The van der Waals surface area contributed by atoms with Gasteiger partial charge in [-0.25, -0.2) is 0 Å². The summed E-state index contributed by atoms with van der Waals surface area (Å²) in [6.07, 6.45) is 14.1. The molecule has 5 atom stereocenters. The molecule has 0 bridgehead atoms. The van der Waals surface area contributed by atoms with E-state index < -0.39 is 12.1 Å². The Bertz CT molecular complexity index is 516. The lowest BCUT2D eigenvalue weighted by Crippen LogP contribution is -2.38. The summed E-state index contributed by atoms with van der Waals surface area (Å²) in [5.41, 5.74) is -0.316. The smallest absolute Gasteiger partial charge is 0.168 e. The van der Waals surface area contributed by atoms with Crippen molar-refractivity contribution in [1.29, 1.82) is 0 Å². The molecule has 1 saturated carbocycles. The Kier molecular flexibility index (Phi) is 8.09. The van der Waals surface area contributed by atoms with E-state index in [0.29, 0.717) is 25.6 Å². The van der Waals surface area contributed by atoms with E-state index in [1.807, 2.05) is 0 Å². The molecule has 30 heavy (non-hydrogen) atoms. The molecule has 4 fully saturated rings. The van der Waals surface area contributed by atoms with Crippen LogP contribution in [0.4, 0.5) is 0 Å². The maximum Gasteiger partial charge on any atom is 0.168 e. The van der Waals surface area contributed by atoms with Gasteiger partial charge in [-0.2, -0.15) is 0 Å². The average molecular weight is 427 g/mol. The van der Waals surface area contributed by atoms with Crippen molar-refractivity contribution in [3.63, 3.8) is 0 Å². The zero-order valence-electron chi connectivity index (χ0n) is 18.8. The van der Waals surface area contributed by atoms with Crippen molar-refractivity contribution in [2.45, 2.75) is 127 Å². The van der Waals surface area contributed by atoms with E-state index in [1.54, 1.807) is 0 Å². The number of ether oxygens (including phenoxy) is 5. The van der Waals surface area contributed by atoms with Gasteiger partial charge >= 0.3 is 0 Å². The van der Waals surface area contributed by atoms with E-state index in [9.17, 15) is 5.11 Å². The number of aliphatic hydroxyl groups excluding tert-OH is 1. The Morgan fingerprint density at radius 1 is 0.933 bits per heavy atom. The summed E-state index contributed by atoms with van der Waals surface area (Å²) in [4.78, 5) is 0. The zero-order chi connectivity index (χ0) is 20.9. The van der Waals surface area contributed by atoms with Crippen LogP contribution in [0.2, 0.25) is 0 Å². The third kappa shape index (κ3) is 5.57. The van der Waals surface area contributed by atoms with Crippen LogP contribution >= 0.6 is 0 Å². The number of rotatable bonds is 11. The fourth-order valence-corrected chi connectivity index (χ4v) is 6.00. The van der Waals surface area contributed by atoms with Crippen LogP contribution in [0.1, 0.15) is 96.8 Å². The molecule has 3 aliphatic heterocycles. The minimum Gasteiger partial charge on any atom is -0.368 e. The summed E-state index contributed by atoms with van der Waals surface area (Å²) in [6.45, 7) is 4.41. The van der Waals surface area contributed by atoms with Crippen LogP contribution in [0, 0.1) is 5.92 Å². The van der Waals surface area contributed by atoms with Crippen molar-refractivity contribution in [1.82, 2.24) is 0 Å². The van der Waals surface area contributed by atoms with Crippen molar-refractivity contribution >= 4 is 0 Å². The monoisotopic (exact) mass is 426 g/mol. The van der Waals surface area contributed by atoms with Gasteiger partial charge in [-0.05, 0) is 44.4 Å². The van der Waals surface area contributed by atoms with Crippen LogP contribution in [-0.4, -0.2) is 55.0 Å². The molecule has 0 radical (unpaired) electrons. The van der Waals surface area contributed by atoms with Gasteiger partial charge in [0.2, 0.25) is 0 Å². The Morgan fingerprint density at radius 3 is 2.53 bits per heavy atom. The van der Waals surface area contributed by atoms with Gasteiger partial charge in [-0.1, -0.05) is 32.6 Å². The van der Waals surface area contributed by atoms with Crippen molar-refractivity contribution in [3.8, 4) is 0 Å². The van der Waals surface area contributed by atoms with Crippen LogP contribution in [0.15, 0.2) is 0 Å². The lowest BCUT2D eigenvalue weighted by Gasteiger charge is -2.34. The second kappa shape index (κ2) is 10.6. The van der Waals surface area contributed by atoms with Gasteiger partial charge < -0.3 is 28.8 Å². The number of hydrogen-bond donors (Lipinski definition) is 1. The molecular formula is C24H42O6. The molecule has 0 aromatic heterocycles. The molecule has 6 nitrogen and oxygen atoms in total. The van der Waals surface area contributed by atoms with E-state index in [2.05, 4.69) is 6.92 Å². The van der Waals surface area contributed by atoms with Crippen molar-refractivity contribution in [2.75, 3.05) is 19.8 Å². The first-order valence-electron chi connectivity index (χ1n) is 12.5. The molecule has 0 spiro atoms. The van der Waals surface area contributed by atoms with Crippen LogP contribution in [0.3, 0.4) is 0 Å². The van der Waals surface area contributed by atoms with Crippen molar-refractivity contribution in [2.24, 2.45) is 5.92 Å². The highest BCUT2D eigenvalue weighted by Gasteiger charge is 2.56. The number of hydrogen-bond acceptors (Lipinski definition) is 6. The standard InChI is InChI=1S/C24H42O6/c1-2-3-4-5-7-10-24(27-14-15-28-24)12-11-23-18-20(16-19(23)17-21(25)30-23)29-22-9-6-8-13-26-22/h19-22,25H,2-18H2,1H3. The van der Waals surface area contributed by atoms with Crippen molar-refractivity contribution in [3.05, 3.63) is 0 Å². The number of unbranched alkanes of at least 4 members (excludes halogenated alkanes) is 4. The van der Waals surface area contributed by atoms with Gasteiger partial charge in [0, 0.05) is 32.3 Å². The van der Waals surface area contributed by atoms with E-state index in [4.69, 9.17) is 23.7 Å². The van der Waals surface area contributed by atoms with E-state index in [0.717, 1.165) is 58.0 Å². The van der Waals surface area contributed by atoms with Gasteiger partial charge in [0.05, 0.1) is 24.9 Å². The lowest BCUT2D eigenvalue weighted by molar-refractivity contribution is -0.205. The SMILES string of the molecule is CCCCCCCC1(CCC23CC(OC4CCCCO4)CC2CC(O)O3)OCCO1. The van der Waals surface area contributed by atoms with E-state index >= 15 is 0 Å². The topological polar surface area (TPSA) is 66.4 Å². The van der Waals surface area contributed by atoms with Crippen LogP contribution in [-0.2, 0) is 23.7 Å². The van der Waals surface area contributed by atoms with Gasteiger partial charge in [0.15, 0.2) is 18.4 Å². The summed E-state index contributed by atoms with van der Waals surface area (Å²) >= 11 is 0. The van der Waals surface area contributed by atoms with Crippen LogP contribution in [0.25, 0.3) is 0 Å². The molecule has 1 N–H and O–H groups in total. The average Bonchev–Trinajstić information content (AvgIpc) is 3.40. The molecule has 4 rings (SSSR count). The molecule has 174 valence electrons. The first-order chi connectivity index (χ1) is 14.6. The van der Waals surface area contributed by atoms with Gasteiger partial charge in [-0.3, -0.25) is 0 Å². The van der Waals surface area contributed by atoms with Gasteiger partial charge in [-0.15, -0.1) is 0 Å². The Hall–Kier alpha value is -0.240.